The average molecular weight is 286 g/mol. The minimum absolute atomic E-state index is 0.115. The van der Waals surface area contributed by atoms with Crippen LogP contribution in [0.5, 0.6) is 5.75 Å². The molecule has 0 fully saturated rings. The fourth-order valence-electron chi connectivity index (χ4n) is 1.78. The molecule has 2 aromatic carbocycles. The Morgan fingerprint density at radius 3 is 2.38 bits per heavy atom. The van der Waals surface area contributed by atoms with E-state index in [9.17, 15) is 14.9 Å². The number of hydrogen-bond donors (Lipinski definition) is 1. The van der Waals surface area contributed by atoms with Crippen molar-refractivity contribution in [2.24, 2.45) is 0 Å². The van der Waals surface area contributed by atoms with Crippen LogP contribution in [0.2, 0.25) is 0 Å². The SMILES string of the molecule is Cc1cc(NC(=O)Oc2ccccc2)c([N+](=O)[O-])cc1C. The molecular weight excluding hydrogens is 272 g/mol. The third kappa shape index (κ3) is 3.56. The van der Waals surface area contributed by atoms with Gasteiger partial charge in [-0.05, 0) is 43.2 Å². The molecule has 0 unspecified atom stereocenters. The number of hydrogen-bond acceptors (Lipinski definition) is 4. The van der Waals surface area contributed by atoms with E-state index in [4.69, 9.17) is 4.74 Å². The Morgan fingerprint density at radius 1 is 1.14 bits per heavy atom. The van der Waals surface area contributed by atoms with E-state index < -0.39 is 11.0 Å². The molecule has 0 saturated carbocycles. The zero-order chi connectivity index (χ0) is 15.4. The molecule has 0 saturated heterocycles. The number of nitrogens with zero attached hydrogens (tertiary/aromatic N) is 1. The van der Waals surface area contributed by atoms with Gasteiger partial charge in [-0.25, -0.2) is 4.79 Å². The number of anilines is 1. The number of para-hydroxylation sites is 1. The van der Waals surface area contributed by atoms with Crippen LogP contribution in [0.15, 0.2) is 42.5 Å². The van der Waals surface area contributed by atoms with Crippen LogP contribution in [0.25, 0.3) is 0 Å². The van der Waals surface area contributed by atoms with Gasteiger partial charge in [-0.1, -0.05) is 18.2 Å². The molecule has 21 heavy (non-hydrogen) atoms. The molecule has 0 heterocycles. The summed E-state index contributed by atoms with van der Waals surface area (Å²) >= 11 is 0. The van der Waals surface area contributed by atoms with Crippen LogP contribution in [0.1, 0.15) is 11.1 Å². The summed E-state index contributed by atoms with van der Waals surface area (Å²) in [6, 6.07) is 11.5. The van der Waals surface area contributed by atoms with Gasteiger partial charge in [-0.2, -0.15) is 0 Å². The summed E-state index contributed by atoms with van der Waals surface area (Å²) in [7, 11) is 0. The van der Waals surface area contributed by atoms with Gasteiger partial charge in [0.05, 0.1) is 4.92 Å². The van der Waals surface area contributed by atoms with Crippen LogP contribution in [-0.2, 0) is 0 Å². The summed E-state index contributed by atoms with van der Waals surface area (Å²) in [6.07, 6.45) is -0.771. The van der Waals surface area contributed by atoms with E-state index in [0.717, 1.165) is 11.1 Å². The topological polar surface area (TPSA) is 81.5 Å². The van der Waals surface area contributed by atoms with Crippen molar-refractivity contribution >= 4 is 17.5 Å². The maximum Gasteiger partial charge on any atom is 0.417 e. The molecule has 2 aromatic rings. The summed E-state index contributed by atoms with van der Waals surface area (Å²) in [6.45, 7) is 3.58. The Kier molecular flexibility index (Phi) is 4.18. The smallest absolute Gasteiger partial charge is 0.410 e. The molecule has 0 radical (unpaired) electrons. The first-order chi connectivity index (χ1) is 9.97. The summed E-state index contributed by atoms with van der Waals surface area (Å²) in [5.41, 5.74) is 1.58. The highest BCUT2D eigenvalue weighted by molar-refractivity contribution is 5.89. The van der Waals surface area contributed by atoms with Crippen molar-refractivity contribution in [2.45, 2.75) is 13.8 Å². The summed E-state index contributed by atoms with van der Waals surface area (Å²) in [5, 5.41) is 13.4. The second-order valence-corrected chi connectivity index (χ2v) is 4.54. The number of nitrogens with one attached hydrogen (secondary N) is 1. The van der Waals surface area contributed by atoms with Crippen LogP contribution >= 0.6 is 0 Å². The summed E-state index contributed by atoms with van der Waals surface area (Å²) < 4.78 is 5.05. The van der Waals surface area contributed by atoms with Gasteiger partial charge in [0.25, 0.3) is 5.69 Å². The fraction of sp³-hybridized carbons (Fsp3) is 0.133. The number of carbonyl (C=O) groups excluding carboxylic acids is 1. The lowest BCUT2D eigenvalue weighted by Crippen LogP contribution is -2.17. The molecule has 0 spiro atoms. The van der Waals surface area contributed by atoms with Gasteiger partial charge in [-0.15, -0.1) is 0 Å². The molecule has 1 amide bonds. The van der Waals surface area contributed by atoms with Gasteiger partial charge < -0.3 is 4.74 Å². The molecule has 108 valence electrons. The van der Waals surface area contributed by atoms with Crippen molar-refractivity contribution < 1.29 is 14.5 Å². The number of carbonyl (C=O) groups is 1. The number of nitro groups is 1. The normalized spacial score (nSPS) is 10.0. The molecule has 2 rings (SSSR count). The Balaban J connectivity index is 2.21. The number of benzene rings is 2. The third-order valence-electron chi connectivity index (χ3n) is 3.00. The van der Waals surface area contributed by atoms with Crippen LogP contribution in [-0.4, -0.2) is 11.0 Å². The Morgan fingerprint density at radius 2 is 1.76 bits per heavy atom. The summed E-state index contributed by atoms with van der Waals surface area (Å²) in [4.78, 5) is 22.3. The zero-order valence-electron chi connectivity index (χ0n) is 11.6. The largest absolute Gasteiger partial charge is 0.417 e. The quantitative estimate of drug-likeness (QED) is 0.686. The summed E-state index contributed by atoms with van der Waals surface area (Å²) in [5.74, 6) is 0.362. The molecule has 6 heteroatoms. The first-order valence-electron chi connectivity index (χ1n) is 6.27. The van der Waals surface area contributed by atoms with E-state index in [1.807, 2.05) is 6.92 Å². The van der Waals surface area contributed by atoms with Crippen LogP contribution < -0.4 is 10.1 Å². The molecule has 0 aromatic heterocycles. The van der Waals surface area contributed by atoms with Gasteiger partial charge >= 0.3 is 6.09 Å². The molecule has 0 atom stereocenters. The van der Waals surface area contributed by atoms with Gasteiger partial charge in [-0.3, -0.25) is 15.4 Å². The molecule has 0 aliphatic carbocycles. The number of amides is 1. The molecule has 1 N–H and O–H groups in total. The lowest BCUT2D eigenvalue weighted by molar-refractivity contribution is -0.384. The maximum absolute atomic E-state index is 11.8. The highest BCUT2D eigenvalue weighted by atomic mass is 16.6. The van der Waals surface area contributed by atoms with E-state index in [-0.39, 0.29) is 11.4 Å². The highest BCUT2D eigenvalue weighted by Gasteiger charge is 2.18. The van der Waals surface area contributed by atoms with Crippen molar-refractivity contribution in [3.05, 3.63) is 63.7 Å². The standard InChI is InChI=1S/C15H14N2O4/c1-10-8-13(14(17(19)20)9-11(10)2)16-15(18)21-12-6-4-3-5-7-12/h3-9H,1-2H3,(H,16,18). The lowest BCUT2D eigenvalue weighted by atomic mass is 10.1. The molecule has 0 aliphatic rings. The van der Waals surface area contributed by atoms with Crippen molar-refractivity contribution in [1.29, 1.82) is 0 Å². The Hall–Kier alpha value is -2.89. The fourth-order valence-corrected chi connectivity index (χ4v) is 1.78. The number of nitro benzene ring substituents is 1. The first kappa shape index (κ1) is 14.5. The monoisotopic (exact) mass is 286 g/mol. The van der Waals surface area contributed by atoms with Crippen LogP contribution in [0, 0.1) is 24.0 Å². The number of rotatable bonds is 3. The predicted molar refractivity (Wildman–Crippen MR) is 78.7 cm³/mol. The Bertz CT molecular complexity index is 684. The van der Waals surface area contributed by atoms with Crippen molar-refractivity contribution in [2.75, 3.05) is 5.32 Å². The first-order valence-corrected chi connectivity index (χ1v) is 6.27. The number of ether oxygens (including phenoxy) is 1. The Labute approximate surface area is 121 Å². The van der Waals surface area contributed by atoms with Crippen molar-refractivity contribution in [3.8, 4) is 5.75 Å². The maximum atomic E-state index is 11.8. The third-order valence-corrected chi connectivity index (χ3v) is 3.00. The van der Waals surface area contributed by atoms with Crippen molar-refractivity contribution in [1.82, 2.24) is 0 Å². The molecule has 0 aliphatic heterocycles. The second kappa shape index (κ2) is 6.04. The van der Waals surface area contributed by atoms with Gasteiger partial charge in [0.15, 0.2) is 0 Å². The van der Waals surface area contributed by atoms with Gasteiger partial charge in [0.2, 0.25) is 0 Å². The molecule has 0 bridgehead atoms. The highest BCUT2D eigenvalue weighted by Crippen LogP contribution is 2.28. The predicted octanol–water partition coefficient (Wildman–Crippen LogP) is 3.82. The van der Waals surface area contributed by atoms with E-state index in [1.54, 1.807) is 43.3 Å². The molecule has 6 nitrogen and oxygen atoms in total. The number of aryl methyl sites for hydroxylation is 2. The zero-order valence-corrected chi connectivity index (χ0v) is 11.6. The van der Waals surface area contributed by atoms with Crippen molar-refractivity contribution in [3.63, 3.8) is 0 Å². The van der Waals surface area contributed by atoms with E-state index >= 15 is 0 Å². The van der Waals surface area contributed by atoms with E-state index in [1.165, 1.54) is 6.07 Å². The minimum atomic E-state index is -0.771. The minimum Gasteiger partial charge on any atom is -0.410 e. The van der Waals surface area contributed by atoms with E-state index in [2.05, 4.69) is 5.32 Å². The van der Waals surface area contributed by atoms with Gasteiger partial charge in [0, 0.05) is 6.07 Å². The van der Waals surface area contributed by atoms with Crippen LogP contribution in [0.3, 0.4) is 0 Å². The second-order valence-electron chi connectivity index (χ2n) is 4.54. The molecular formula is C15H14N2O4. The lowest BCUT2D eigenvalue weighted by Gasteiger charge is -2.09. The van der Waals surface area contributed by atoms with E-state index in [0.29, 0.717) is 5.75 Å². The van der Waals surface area contributed by atoms with Crippen LogP contribution in [0.4, 0.5) is 16.2 Å². The van der Waals surface area contributed by atoms with Gasteiger partial charge in [0.1, 0.15) is 11.4 Å². The average Bonchev–Trinajstić information content (AvgIpc) is 2.43.